The molecule has 0 spiro atoms. The van der Waals surface area contributed by atoms with E-state index in [-0.39, 0.29) is 17.8 Å². The van der Waals surface area contributed by atoms with E-state index in [1.807, 2.05) is 56.4 Å². The van der Waals surface area contributed by atoms with Crippen LogP contribution in [0.3, 0.4) is 0 Å². The van der Waals surface area contributed by atoms with E-state index in [1.165, 1.54) is 12.1 Å². The summed E-state index contributed by atoms with van der Waals surface area (Å²) >= 11 is 0. The molecule has 0 aliphatic heterocycles. The second-order valence-corrected chi connectivity index (χ2v) is 10.1. The van der Waals surface area contributed by atoms with Gasteiger partial charge in [-0.3, -0.25) is 4.79 Å². The van der Waals surface area contributed by atoms with Crippen LogP contribution in [0.15, 0.2) is 87.8 Å². The number of oxazole rings is 1. The predicted octanol–water partition coefficient (Wildman–Crippen LogP) is 6.94. The van der Waals surface area contributed by atoms with Crippen LogP contribution in [-0.2, 0) is 4.74 Å². The Balaban J connectivity index is 1.56. The number of anilines is 1. The lowest BCUT2D eigenvalue weighted by Gasteiger charge is -2.25. The molecule has 1 amide bonds. The van der Waals surface area contributed by atoms with Gasteiger partial charge in [-0.05, 0) is 67.1 Å². The van der Waals surface area contributed by atoms with E-state index in [9.17, 15) is 9.18 Å². The quantitative estimate of drug-likeness (QED) is 0.214. The summed E-state index contributed by atoms with van der Waals surface area (Å²) in [5, 5.41) is 3.36. The summed E-state index contributed by atoms with van der Waals surface area (Å²) in [6.07, 6.45) is 1.64. The van der Waals surface area contributed by atoms with E-state index < -0.39 is 0 Å². The Morgan fingerprint density at radius 1 is 1.00 bits per heavy atom. The van der Waals surface area contributed by atoms with E-state index in [0.717, 1.165) is 22.4 Å². The lowest BCUT2D eigenvalue weighted by Crippen LogP contribution is -2.28. The first-order valence-corrected chi connectivity index (χ1v) is 13.5. The number of furan rings is 1. The molecule has 6 rings (SSSR count). The summed E-state index contributed by atoms with van der Waals surface area (Å²) in [7, 11) is 5.24. The van der Waals surface area contributed by atoms with E-state index in [0.29, 0.717) is 51.5 Å². The first-order chi connectivity index (χ1) is 20.4. The third-order valence-corrected chi connectivity index (χ3v) is 7.30. The standard InChI is InChI=1S/C33H29FN4O4/c1-19(40-4)18-38(3)26-17-28-25(29(32(39)35-2)30(41-28)20-10-12-23(34)13-11-20)16-24(26)21-7-5-8-22(15-21)33-37-31-27(42-33)9-6-14-36-31/h5-17,19H,18H2,1-4H3,(H,35,39). The Morgan fingerprint density at radius 3 is 2.52 bits per heavy atom. The topological polar surface area (TPSA) is 93.6 Å². The van der Waals surface area contributed by atoms with Crippen molar-refractivity contribution in [3.05, 3.63) is 90.4 Å². The SMILES string of the molecule is CNC(=O)c1c(-c2ccc(F)cc2)oc2cc(N(C)CC(C)OC)c(-c3cccc(-c4nc5ncccc5o4)c3)cc12. The fraction of sp³-hybridized carbons (Fsp3) is 0.182. The van der Waals surface area contributed by atoms with Crippen LogP contribution < -0.4 is 10.2 Å². The molecule has 1 atom stereocenters. The zero-order valence-electron chi connectivity index (χ0n) is 23.6. The molecule has 0 radical (unpaired) electrons. The third kappa shape index (κ3) is 4.99. The number of amides is 1. The lowest BCUT2D eigenvalue weighted by molar-refractivity contribution is 0.0964. The van der Waals surface area contributed by atoms with E-state index in [1.54, 1.807) is 38.6 Å². The van der Waals surface area contributed by atoms with Crippen molar-refractivity contribution in [2.45, 2.75) is 13.0 Å². The minimum atomic E-state index is -0.371. The number of pyridine rings is 1. The number of methoxy groups -OCH3 is 1. The molecule has 0 saturated heterocycles. The second-order valence-electron chi connectivity index (χ2n) is 10.1. The van der Waals surface area contributed by atoms with Gasteiger partial charge < -0.3 is 23.8 Å². The number of carbonyl (C=O) groups is 1. The van der Waals surface area contributed by atoms with Crippen molar-refractivity contribution in [2.24, 2.45) is 0 Å². The van der Waals surface area contributed by atoms with Crippen molar-refractivity contribution in [1.82, 2.24) is 15.3 Å². The van der Waals surface area contributed by atoms with Crippen molar-refractivity contribution < 1.29 is 22.8 Å². The second kappa shape index (κ2) is 11.1. The number of ether oxygens (including phenoxy) is 1. The maximum absolute atomic E-state index is 13.7. The van der Waals surface area contributed by atoms with Crippen LogP contribution in [0, 0.1) is 5.82 Å². The number of benzene rings is 3. The Kier molecular flexibility index (Phi) is 7.18. The lowest BCUT2D eigenvalue weighted by atomic mass is 9.96. The van der Waals surface area contributed by atoms with Gasteiger partial charge in [0, 0.05) is 67.8 Å². The van der Waals surface area contributed by atoms with E-state index in [4.69, 9.17) is 13.6 Å². The summed E-state index contributed by atoms with van der Waals surface area (Å²) in [5.74, 6) is 0.154. The summed E-state index contributed by atoms with van der Waals surface area (Å²) in [6, 6.07) is 21.3. The van der Waals surface area contributed by atoms with Crippen molar-refractivity contribution in [1.29, 1.82) is 0 Å². The molecule has 1 N–H and O–H groups in total. The molecule has 42 heavy (non-hydrogen) atoms. The minimum absolute atomic E-state index is 0.0371. The molecular weight excluding hydrogens is 535 g/mol. The number of likely N-dealkylation sites (N-methyl/N-ethyl adjacent to an activating group) is 1. The molecule has 9 heteroatoms. The van der Waals surface area contributed by atoms with Crippen molar-refractivity contribution in [3.63, 3.8) is 0 Å². The fourth-order valence-electron chi connectivity index (χ4n) is 5.10. The molecule has 6 aromatic rings. The van der Waals surface area contributed by atoms with Gasteiger partial charge in [0.25, 0.3) is 5.91 Å². The largest absolute Gasteiger partial charge is 0.455 e. The molecule has 3 aromatic heterocycles. The molecule has 0 fully saturated rings. The van der Waals surface area contributed by atoms with Crippen molar-refractivity contribution >= 4 is 33.8 Å². The molecule has 212 valence electrons. The van der Waals surface area contributed by atoms with Gasteiger partial charge in [0.05, 0.1) is 11.7 Å². The summed E-state index contributed by atoms with van der Waals surface area (Å²) < 4.78 is 31.6. The van der Waals surface area contributed by atoms with Crippen LogP contribution in [0.2, 0.25) is 0 Å². The first kappa shape index (κ1) is 27.2. The predicted molar refractivity (Wildman–Crippen MR) is 161 cm³/mol. The van der Waals surface area contributed by atoms with Gasteiger partial charge in [-0.2, -0.15) is 4.98 Å². The van der Waals surface area contributed by atoms with E-state index in [2.05, 4.69) is 20.2 Å². The number of halogens is 1. The molecule has 3 aromatic carbocycles. The van der Waals surface area contributed by atoms with Crippen LogP contribution in [0.1, 0.15) is 17.3 Å². The number of carbonyl (C=O) groups excluding carboxylic acids is 1. The van der Waals surface area contributed by atoms with Gasteiger partial charge in [0.1, 0.15) is 17.2 Å². The highest BCUT2D eigenvalue weighted by Gasteiger charge is 2.25. The Bertz CT molecular complexity index is 1880. The van der Waals surface area contributed by atoms with Crippen molar-refractivity contribution in [2.75, 3.05) is 32.6 Å². The maximum Gasteiger partial charge on any atom is 0.255 e. The average Bonchev–Trinajstić information content (AvgIpc) is 3.62. The van der Waals surface area contributed by atoms with Crippen LogP contribution in [0.4, 0.5) is 10.1 Å². The van der Waals surface area contributed by atoms with Gasteiger partial charge in [0.2, 0.25) is 5.89 Å². The molecule has 0 saturated carbocycles. The fourth-order valence-corrected chi connectivity index (χ4v) is 5.10. The third-order valence-electron chi connectivity index (χ3n) is 7.30. The number of nitrogens with zero attached hydrogens (tertiary/aromatic N) is 3. The Morgan fingerprint density at radius 2 is 1.79 bits per heavy atom. The monoisotopic (exact) mass is 564 g/mol. The number of fused-ring (bicyclic) bond motifs is 2. The summed E-state index contributed by atoms with van der Waals surface area (Å²) in [6.45, 7) is 2.61. The zero-order chi connectivity index (χ0) is 29.4. The number of aromatic nitrogens is 2. The number of nitrogens with one attached hydrogen (secondary N) is 1. The molecule has 1 unspecified atom stereocenters. The summed E-state index contributed by atoms with van der Waals surface area (Å²) in [4.78, 5) is 24.2. The highest BCUT2D eigenvalue weighted by atomic mass is 19.1. The van der Waals surface area contributed by atoms with Gasteiger partial charge in [-0.25, -0.2) is 9.37 Å². The normalized spacial score (nSPS) is 12.1. The molecule has 0 aliphatic carbocycles. The number of hydrogen-bond acceptors (Lipinski definition) is 7. The zero-order valence-corrected chi connectivity index (χ0v) is 23.6. The first-order valence-electron chi connectivity index (χ1n) is 13.5. The molecule has 3 heterocycles. The summed E-state index contributed by atoms with van der Waals surface area (Å²) in [5.41, 5.74) is 6.09. The maximum atomic E-state index is 13.7. The van der Waals surface area contributed by atoms with Crippen LogP contribution >= 0.6 is 0 Å². The Labute approximate surface area is 241 Å². The van der Waals surface area contributed by atoms with Crippen molar-refractivity contribution in [3.8, 4) is 33.9 Å². The van der Waals surface area contributed by atoms with Crippen LogP contribution in [-0.4, -0.2) is 49.7 Å². The number of hydrogen-bond donors (Lipinski definition) is 1. The molecular formula is C33H29FN4O4. The molecule has 0 aliphatic rings. The smallest absolute Gasteiger partial charge is 0.255 e. The van der Waals surface area contributed by atoms with Gasteiger partial charge in [-0.1, -0.05) is 12.1 Å². The minimum Gasteiger partial charge on any atom is -0.455 e. The van der Waals surface area contributed by atoms with Crippen LogP contribution in [0.25, 0.3) is 56.1 Å². The molecule has 0 bridgehead atoms. The van der Waals surface area contributed by atoms with E-state index >= 15 is 0 Å². The highest BCUT2D eigenvalue weighted by molar-refractivity contribution is 6.13. The molecule has 8 nitrogen and oxygen atoms in total. The average molecular weight is 565 g/mol. The highest BCUT2D eigenvalue weighted by Crippen LogP contribution is 2.41. The van der Waals surface area contributed by atoms with Gasteiger partial charge in [-0.15, -0.1) is 0 Å². The number of rotatable bonds is 8. The Hall–Kier alpha value is -5.02. The van der Waals surface area contributed by atoms with Crippen LogP contribution in [0.5, 0.6) is 0 Å². The van der Waals surface area contributed by atoms with Gasteiger partial charge >= 0.3 is 0 Å². The van der Waals surface area contributed by atoms with Gasteiger partial charge in [0.15, 0.2) is 11.2 Å².